The van der Waals surface area contributed by atoms with Gasteiger partial charge in [0.2, 0.25) is 0 Å². The molecule has 0 radical (unpaired) electrons. The minimum Gasteiger partial charge on any atom is -0.508 e. The van der Waals surface area contributed by atoms with Crippen LogP contribution in [0.4, 0.5) is 0 Å². The summed E-state index contributed by atoms with van der Waals surface area (Å²) in [6.07, 6.45) is 3.56. The number of carbonyl (C=O) groups is 1. The first kappa shape index (κ1) is 22.0. The summed E-state index contributed by atoms with van der Waals surface area (Å²) in [5.74, 6) is 0.0200. The topological polar surface area (TPSA) is 130 Å². The summed E-state index contributed by atoms with van der Waals surface area (Å²) in [5, 5.41) is 24.2. The molecule has 1 heterocycles. The van der Waals surface area contributed by atoms with E-state index in [-0.39, 0.29) is 29.6 Å². The van der Waals surface area contributed by atoms with Crippen molar-refractivity contribution in [2.24, 2.45) is 11.5 Å². The Morgan fingerprint density at radius 3 is 2.56 bits per heavy atom. The van der Waals surface area contributed by atoms with Crippen LogP contribution in [-0.2, 0) is 6.54 Å². The number of aromatic nitrogens is 1. The van der Waals surface area contributed by atoms with Crippen molar-refractivity contribution >= 4 is 33.4 Å². The minimum atomic E-state index is -0.134. The van der Waals surface area contributed by atoms with Gasteiger partial charge in [-0.2, -0.15) is 0 Å². The van der Waals surface area contributed by atoms with E-state index in [1.807, 2.05) is 47.0 Å². The van der Waals surface area contributed by atoms with Gasteiger partial charge >= 0.3 is 0 Å². The normalized spacial score (nSPS) is 18.3. The Morgan fingerprint density at radius 2 is 1.79 bits per heavy atom. The molecule has 0 aliphatic heterocycles. The fourth-order valence-electron chi connectivity index (χ4n) is 4.98. The highest BCUT2D eigenvalue weighted by Crippen LogP contribution is 2.29. The molecule has 7 N–H and O–H groups in total. The Bertz CT molecular complexity index is 1400. The number of phenolic OH excluding ortho intramolecular Hbond substituents is 1. The number of aromatic hydroxyl groups is 1. The summed E-state index contributed by atoms with van der Waals surface area (Å²) in [5.41, 5.74) is 14.6. The maximum absolute atomic E-state index is 13.4. The van der Waals surface area contributed by atoms with Crippen molar-refractivity contribution in [2.75, 3.05) is 0 Å². The predicted molar refractivity (Wildman–Crippen MR) is 135 cm³/mol. The van der Waals surface area contributed by atoms with E-state index in [2.05, 4.69) is 5.32 Å². The van der Waals surface area contributed by atoms with E-state index in [0.29, 0.717) is 17.8 Å². The minimum absolute atomic E-state index is 0.0259. The van der Waals surface area contributed by atoms with Crippen LogP contribution >= 0.6 is 0 Å². The molecule has 7 nitrogen and oxygen atoms in total. The van der Waals surface area contributed by atoms with Gasteiger partial charge in [0, 0.05) is 35.1 Å². The predicted octanol–water partition coefficient (Wildman–Crippen LogP) is 3.83. The fraction of sp³-hybridized carbons (Fsp3) is 0.259. The SMILES string of the molecule is N=C(N)c1ccc2cc(C(=O)N[C@H]3CC[C@H](N)CC3)n(Cc3cc(O)cc4ccccc34)c2c1. The van der Waals surface area contributed by atoms with E-state index in [1.54, 1.807) is 18.2 Å². The molecule has 0 atom stereocenters. The number of hydrogen-bond acceptors (Lipinski definition) is 4. The molecular formula is C27H29N5O2. The molecule has 1 aromatic heterocycles. The fourth-order valence-corrected chi connectivity index (χ4v) is 4.98. The standard InChI is InChI=1S/C27H29N5O2/c28-20-7-9-21(10-8-20)31-27(34)25-13-17-5-6-18(26(29)30)14-24(17)32(25)15-19-12-22(33)11-16-3-1-2-4-23(16)19/h1-6,11-14,20-21,33H,7-10,15,28H2,(H3,29,30)(H,31,34)/t20-,21-. The van der Waals surface area contributed by atoms with Crippen LogP contribution < -0.4 is 16.8 Å². The maximum Gasteiger partial charge on any atom is 0.268 e. The summed E-state index contributed by atoms with van der Waals surface area (Å²) in [6.45, 7) is 0.387. The van der Waals surface area contributed by atoms with Crippen LogP contribution in [0.25, 0.3) is 21.7 Å². The molecule has 1 amide bonds. The van der Waals surface area contributed by atoms with Crippen LogP contribution in [0.5, 0.6) is 5.75 Å². The number of nitrogen functional groups attached to an aromatic ring is 1. The molecule has 1 aliphatic rings. The van der Waals surface area contributed by atoms with Crippen molar-refractivity contribution in [1.29, 1.82) is 5.41 Å². The van der Waals surface area contributed by atoms with Crippen molar-refractivity contribution in [3.05, 3.63) is 77.5 Å². The monoisotopic (exact) mass is 455 g/mol. The Hall–Kier alpha value is -3.84. The summed E-state index contributed by atoms with van der Waals surface area (Å²) >= 11 is 0. The number of phenols is 1. The average Bonchev–Trinajstić information content (AvgIpc) is 3.18. The van der Waals surface area contributed by atoms with E-state index in [4.69, 9.17) is 16.9 Å². The van der Waals surface area contributed by atoms with E-state index in [9.17, 15) is 9.90 Å². The molecule has 5 rings (SSSR count). The van der Waals surface area contributed by atoms with Gasteiger partial charge in [0.05, 0.1) is 0 Å². The number of carbonyl (C=O) groups excluding carboxylic acids is 1. The molecule has 34 heavy (non-hydrogen) atoms. The molecule has 1 aliphatic carbocycles. The van der Waals surface area contributed by atoms with Crippen LogP contribution in [0, 0.1) is 5.41 Å². The van der Waals surface area contributed by atoms with Crippen LogP contribution in [0.15, 0.2) is 60.7 Å². The summed E-state index contributed by atoms with van der Waals surface area (Å²) < 4.78 is 1.95. The van der Waals surface area contributed by atoms with Gasteiger partial charge in [-0.3, -0.25) is 10.2 Å². The van der Waals surface area contributed by atoms with Crippen molar-refractivity contribution in [1.82, 2.24) is 9.88 Å². The zero-order valence-electron chi connectivity index (χ0n) is 18.9. The van der Waals surface area contributed by atoms with E-state index in [0.717, 1.165) is 52.9 Å². The van der Waals surface area contributed by atoms with Gasteiger partial charge < -0.3 is 26.5 Å². The van der Waals surface area contributed by atoms with Gasteiger partial charge in [-0.15, -0.1) is 0 Å². The number of nitrogens with one attached hydrogen (secondary N) is 2. The quantitative estimate of drug-likeness (QED) is 0.231. The van der Waals surface area contributed by atoms with Gasteiger partial charge in [0.25, 0.3) is 5.91 Å². The second-order valence-electron chi connectivity index (χ2n) is 9.21. The number of benzene rings is 3. The number of nitrogens with zero attached hydrogens (tertiary/aromatic N) is 1. The molecule has 4 aromatic rings. The largest absolute Gasteiger partial charge is 0.508 e. The molecule has 1 saturated carbocycles. The summed E-state index contributed by atoms with van der Waals surface area (Å²) in [7, 11) is 0. The van der Waals surface area contributed by atoms with Crippen LogP contribution in [0.3, 0.4) is 0 Å². The maximum atomic E-state index is 13.4. The Morgan fingerprint density at radius 1 is 1.03 bits per heavy atom. The zero-order valence-corrected chi connectivity index (χ0v) is 18.9. The first-order chi connectivity index (χ1) is 16.4. The van der Waals surface area contributed by atoms with Crippen LogP contribution in [0.1, 0.15) is 47.3 Å². The lowest BCUT2D eigenvalue weighted by molar-refractivity contribution is 0.0917. The number of amides is 1. The second kappa shape index (κ2) is 8.83. The lowest BCUT2D eigenvalue weighted by atomic mass is 9.92. The third kappa shape index (κ3) is 4.22. The van der Waals surface area contributed by atoms with E-state index in [1.165, 1.54) is 0 Å². The first-order valence-corrected chi connectivity index (χ1v) is 11.6. The zero-order chi connectivity index (χ0) is 23.8. The van der Waals surface area contributed by atoms with Gasteiger partial charge in [-0.25, -0.2) is 0 Å². The van der Waals surface area contributed by atoms with Gasteiger partial charge in [0.15, 0.2) is 0 Å². The first-order valence-electron chi connectivity index (χ1n) is 11.6. The Labute approximate surface area is 197 Å². The number of hydrogen-bond donors (Lipinski definition) is 5. The van der Waals surface area contributed by atoms with Crippen molar-refractivity contribution < 1.29 is 9.90 Å². The Balaban J connectivity index is 1.59. The lowest BCUT2D eigenvalue weighted by Crippen LogP contribution is -2.41. The number of fused-ring (bicyclic) bond motifs is 2. The highest BCUT2D eigenvalue weighted by atomic mass is 16.3. The van der Waals surface area contributed by atoms with Crippen LogP contribution in [0.2, 0.25) is 0 Å². The van der Waals surface area contributed by atoms with Gasteiger partial charge in [-0.05, 0) is 66.3 Å². The number of rotatable bonds is 5. The van der Waals surface area contributed by atoms with E-state index < -0.39 is 0 Å². The highest BCUT2D eigenvalue weighted by molar-refractivity contribution is 6.02. The van der Waals surface area contributed by atoms with Crippen molar-refractivity contribution in [3.8, 4) is 5.75 Å². The molecule has 0 bridgehead atoms. The number of nitrogens with two attached hydrogens (primary N) is 2. The van der Waals surface area contributed by atoms with Gasteiger partial charge in [0.1, 0.15) is 17.3 Å². The highest BCUT2D eigenvalue weighted by Gasteiger charge is 2.23. The Kier molecular flexibility index (Phi) is 5.71. The van der Waals surface area contributed by atoms with Crippen molar-refractivity contribution in [3.63, 3.8) is 0 Å². The smallest absolute Gasteiger partial charge is 0.268 e. The lowest BCUT2D eigenvalue weighted by Gasteiger charge is -2.27. The molecular weight excluding hydrogens is 426 g/mol. The molecule has 3 aromatic carbocycles. The van der Waals surface area contributed by atoms with Crippen molar-refractivity contribution in [2.45, 2.75) is 44.3 Å². The van der Waals surface area contributed by atoms with Crippen LogP contribution in [-0.4, -0.2) is 33.5 Å². The third-order valence-corrected chi connectivity index (χ3v) is 6.82. The molecule has 0 saturated heterocycles. The second-order valence-corrected chi connectivity index (χ2v) is 9.21. The molecule has 1 fully saturated rings. The summed E-state index contributed by atoms with van der Waals surface area (Å²) in [4.78, 5) is 13.4. The van der Waals surface area contributed by atoms with Gasteiger partial charge in [-0.1, -0.05) is 36.4 Å². The number of amidine groups is 1. The molecule has 0 spiro atoms. The molecule has 174 valence electrons. The molecule has 0 unspecified atom stereocenters. The molecule has 7 heteroatoms. The third-order valence-electron chi connectivity index (χ3n) is 6.82. The van der Waals surface area contributed by atoms with E-state index >= 15 is 0 Å². The summed E-state index contributed by atoms with van der Waals surface area (Å²) in [6, 6.07) is 19.1. The average molecular weight is 456 g/mol.